The van der Waals surface area contributed by atoms with Gasteiger partial charge in [0.1, 0.15) is 17.6 Å². The average Bonchev–Trinajstić information content (AvgIpc) is 2.72. The second-order valence-electron chi connectivity index (χ2n) is 8.60. The van der Waals surface area contributed by atoms with Gasteiger partial charge in [-0.3, -0.25) is 9.59 Å². The SMILES string of the molecule is CCc1ccc(OCC(=O)N(Cc2ccc(F)cc2)[C@H](CC)C(=O)NC(C)(C)C)cc1. The highest BCUT2D eigenvalue weighted by Gasteiger charge is 2.30. The van der Waals surface area contributed by atoms with Crippen LogP contribution < -0.4 is 10.1 Å². The molecule has 1 atom stereocenters. The predicted octanol–water partition coefficient (Wildman–Crippen LogP) is 4.49. The Hall–Kier alpha value is -2.89. The van der Waals surface area contributed by atoms with Crippen LogP contribution in [0.4, 0.5) is 4.39 Å². The summed E-state index contributed by atoms with van der Waals surface area (Å²) in [5.74, 6) is -0.282. The maximum absolute atomic E-state index is 13.3. The molecule has 1 N–H and O–H groups in total. The number of benzene rings is 2. The lowest BCUT2D eigenvalue weighted by molar-refractivity contribution is -0.143. The summed E-state index contributed by atoms with van der Waals surface area (Å²) < 4.78 is 19.0. The molecule has 31 heavy (non-hydrogen) atoms. The van der Waals surface area contributed by atoms with Crippen LogP contribution in [0.2, 0.25) is 0 Å². The van der Waals surface area contributed by atoms with E-state index in [9.17, 15) is 14.0 Å². The third kappa shape index (κ3) is 7.70. The van der Waals surface area contributed by atoms with Crippen LogP contribution in [0, 0.1) is 5.82 Å². The minimum atomic E-state index is -0.664. The zero-order chi connectivity index (χ0) is 23.0. The number of nitrogens with zero attached hydrogens (tertiary/aromatic N) is 1. The van der Waals surface area contributed by atoms with Crippen molar-refractivity contribution in [1.82, 2.24) is 10.2 Å². The van der Waals surface area contributed by atoms with E-state index >= 15 is 0 Å². The molecule has 0 fully saturated rings. The predicted molar refractivity (Wildman–Crippen MR) is 120 cm³/mol. The lowest BCUT2D eigenvalue weighted by Crippen LogP contribution is -2.54. The number of carbonyl (C=O) groups excluding carboxylic acids is 2. The summed E-state index contributed by atoms with van der Waals surface area (Å²) >= 11 is 0. The minimum absolute atomic E-state index is 0.188. The number of rotatable bonds is 9. The number of ether oxygens (including phenoxy) is 1. The molecule has 0 aliphatic rings. The van der Waals surface area contributed by atoms with Crippen molar-refractivity contribution in [2.24, 2.45) is 0 Å². The molecule has 0 bridgehead atoms. The van der Waals surface area contributed by atoms with Crippen molar-refractivity contribution in [1.29, 1.82) is 0 Å². The number of aryl methyl sites for hydroxylation is 1. The molecule has 0 unspecified atom stereocenters. The van der Waals surface area contributed by atoms with Crippen LogP contribution in [-0.4, -0.2) is 34.9 Å². The van der Waals surface area contributed by atoms with Gasteiger partial charge in [-0.15, -0.1) is 0 Å². The zero-order valence-electron chi connectivity index (χ0n) is 19.1. The molecule has 0 saturated heterocycles. The zero-order valence-corrected chi connectivity index (χ0v) is 19.1. The molecular formula is C25H33FN2O3. The Balaban J connectivity index is 2.20. The molecule has 6 heteroatoms. The molecule has 2 aromatic rings. The fourth-order valence-corrected chi connectivity index (χ4v) is 3.21. The minimum Gasteiger partial charge on any atom is -0.484 e. The number of nitrogens with one attached hydrogen (secondary N) is 1. The van der Waals surface area contributed by atoms with Crippen LogP contribution in [0.1, 0.15) is 52.2 Å². The highest BCUT2D eigenvalue weighted by molar-refractivity contribution is 5.88. The van der Waals surface area contributed by atoms with Gasteiger partial charge >= 0.3 is 0 Å². The molecule has 0 aliphatic carbocycles. The quantitative estimate of drug-likeness (QED) is 0.640. The highest BCUT2D eigenvalue weighted by atomic mass is 19.1. The van der Waals surface area contributed by atoms with E-state index in [1.807, 2.05) is 52.0 Å². The Labute approximate surface area is 184 Å². The highest BCUT2D eigenvalue weighted by Crippen LogP contribution is 2.16. The summed E-state index contributed by atoms with van der Waals surface area (Å²) in [6, 6.07) is 12.9. The van der Waals surface area contributed by atoms with E-state index in [-0.39, 0.29) is 30.8 Å². The monoisotopic (exact) mass is 428 g/mol. The number of halogens is 1. The lowest BCUT2D eigenvalue weighted by atomic mass is 10.1. The topological polar surface area (TPSA) is 58.6 Å². The first kappa shape index (κ1) is 24.4. The molecule has 0 saturated carbocycles. The Bertz CT molecular complexity index is 858. The van der Waals surface area contributed by atoms with Gasteiger partial charge in [0, 0.05) is 12.1 Å². The molecule has 2 amide bonds. The van der Waals surface area contributed by atoms with Gasteiger partial charge in [-0.05, 0) is 69.0 Å². The number of carbonyl (C=O) groups is 2. The first-order valence-corrected chi connectivity index (χ1v) is 10.7. The fraction of sp³-hybridized carbons (Fsp3) is 0.440. The third-order valence-corrected chi connectivity index (χ3v) is 4.84. The van der Waals surface area contributed by atoms with E-state index in [2.05, 4.69) is 12.2 Å². The van der Waals surface area contributed by atoms with Crippen molar-refractivity contribution in [2.45, 2.75) is 65.6 Å². The molecular weight excluding hydrogens is 395 g/mol. The Morgan fingerprint density at radius 2 is 1.58 bits per heavy atom. The standard InChI is InChI=1S/C25H33FN2O3/c1-6-18-10-14-21(15-11-18)31-17-23(29)28(16-19-8-12-20(26)13-9-19)22(7-2)24(30)27-25(3,4)5/h8-15,22H,6-7,16-17H2,1-5H3,(H,27,30)/t22-/m1/s1. The van der Waals surface area contributed by atoms with Gasteiger partial charge in [-0.1, -0.05) is 38.1 Å². The van der Waals surface area contributed by atoms with E-state index in [4.69, 9.17) is 4.74 Å². The van der Waals surface area contributed by atoms with Crippen molar-refractivity contribution in [3.63, 3.8) is 0 Å². The van der Waals surface area contributed by atoms with Crippen molar-refractivity contribution in [2.75, 3.05) is 6.61 Å². The van der Waals surface area contributed by atoms with Crippen molar-refractivity contribution < 1.29 is 18.7 Å². The molecule has 2 aromatic carbocycles. The summed E-state index contributed by atoms with van der Waals surface area (Å²) in [4.78, 5) is 27.6. The van der Waals surface area contributed by atoms with Gasteiger partial charge in [0.2, 0.25) is 5.91 Å². The van der Waals surface area contributed by atoms with Gasteiger partial charge in [0.05, 0.1) is 0 Å². The second-order valence-corrected chi connectivity index (χ2v) is 8.60. The van der Waals surface area contributed by atoms with Crippen LogP contribution in [0.15, 0.2) is 48.5 Å². The summed E-state index contributed by atoms with van der Waals surface area (Å²) in [5.41, 5.74) is 1.50. The van der Waals surface area contributed by atoms with Crippen molar-refractivity contribution >= 4 is 11.8 Å². The number of hydrogen-bond acceptors (Lipinski definition) is 3. The Kier molecular flexibility index (Phi) is 8.60. The molecule has 5 nitrogen and oxygen atoms in total. The van der Waals surface area contributed by atoms with E-state index in [1.165, 1.54) is 22.6 Å². The first-order chi connectivity index (χ1) is 14.6. The van der Waals surface area contributed by atoms with Gasteiger partial charge in [-0.25, -0.2) is 4.39 Å². The molecule has 2 rings (SSSR count). The van der Waals surface area contributed by atoms with E-state index in [0.717, 1.165) is 12.0 Å². The van der Waals surface area contributed by atoms with E-state index in [0.29, 0.717) is 12.2 Å². The van der Waals surface area contributed by atoms with Crippen LogP contribution in [0.25, 0.3) is 0 Å². The first-order valence-electron chi connectivity index (χ1n) is 10.7. The van der Waals surface area contributed by atoms with Gasteiger partial charge in [0.15, 0.2) is 6.61 Å². The molecule has 0 aliphatic heterocycles. The van der Waals surface area contributed by atoms with Gasteiger partial charge < -0.3 is 15.0 Å². The van der Waals surface area contributed by atoms with Crippen LogP contribution in [0.5, 0.6) is 5.75 Å². The largest absolute Gasteiger partial charge is 0.484 e. The second kappa shape index (κ2) is 10.9. The smallest absolute Gasteiger partial charge is 0.261 e. The fourth-order valence-electron chi connectivity index (χ4n) is 3.21. The average molecular weight is 429 g/mol. The maximum atomic E-state index is 13.3. The van der Waals surface area contributed by atoms with Crippen LogP contribution in [0.3, 0.4) is 0 Å². The van der Waals surface area contributed by atoms with E-state index < -0.39 is 11.6 Å². The maximum Gasteiger partial charge on any atom is 0.261 e. The number of amides is 2. The van der Waals surface area contributed by atoms with Crippen molar-refractivity contribution in [3.05, 3.63) is 65.5 Å². The Morgan fingerprint density at radius 3 is 2.10 bits per heavy atom. The van der Waals surface area contributed by atoms with Gasteiger partial charge in [-0.2, -0.15) is 0 Å². The lowest BCUT2D eigenvalue weighted by Gasteiger charge is -2.33. The molecule has 0 spiro atoms. The van der Waals surface area contributed by atoms with E-state index in [1.54, 1.807) is 12.1 Å². The molecule has 0 heterocycles. The normalized spacial score (nSPS) is 12.2. The molecule has 0 aromatic heterocycles. The molecule has 168 valence electrons. The summed E-state index contributed by atoms with van der Waals surface area (Å²) in [6.45, 7) is 9.62. The van der Waals surface area contributed by atoms with Crippen LogP contribution >= 0.6 is 0 Å². The van der Waals surface area contributed by atoms with Crippen molar-refractivity contribution in [3.8, 4) is 5.75 Å². The molecule has 0 radical (unpaired) electrons. The summed E-state index contributed by atoms with van der Waals surface area (Å²) in [6.07, 6.45) is 1.37. The van der Waals surface area contributed by atoms with Crippen LogP contribution in [-0.2, 0) is 22.6 Å². The third-order valence-electron chi connectivity index (χ3n) is 4.84. The van der Waals surface area contributed by atoms with Gasteiger partial charge in [0.25, 0.3) is 5.91 Å². The summed E-state index contributed by atoms with van der Waals surface area (Å²) in [5, 5.41) is 2.95. The number of hydrogen-bond donors (Lipinski definition) is 1. The Morgan fingerprint density at radius 1 is 1.00 bits per heavy atom. The summed E-state index contributed by atoms with van der Waals surface area (Å²) in [7, 11) is 0.